The highest BCUT2D eigenvalue weighted by Crippen LogP contribution is 2.25. The number of thiazole rings is 1. The molecule has 0 saturated carbocycles. The van der Waals surface area contributed by atoms with Crippen LogP contribution in [0.5, 0.6) is 0 Å². The van der Waals surface area contributed by atoms with Crippen LogP contribution in [0.25, 0.3) is 0 Å². The van der Waals surface area contributed by atoms with Gasteiger partial charge >= 0.3 is 0 Å². The summed E-state index contributed by atoms with van der Waals surface area (Å²) in [6.45, 7) is 0.993. The lowest BCUT2D eigenvalue weighted by atomic mass is 10.2. The number of aromatic nitrogens is 1. The highest BCUT2D eigenvalue weighted by atomic mass is 32.1. The summed E-state index contributed by atoms with van der Waals surface area (Å²) in [5.41, 5.74) is 1.77. The zero-order chi connectivity index (χ0) is 16.1. The Balaban J connectivity index is 1.52. The number of nitrogens with one attached hydrogen (secondary N) is 2. The zero-order valence-corrected chi connectivity index (χ0v) is 13.3. The van der Waals surface area contributed by atoms with Crippen LogP contribution in [0.3, 0.4) is 0 Å². The van der Waals surface area contributed by atoms with Crippen LogP contribution in [0.1, 0.15) is 27.3 Å². The molecule has 0 spiro atoms. The Morgan fingerprint density at radius 1 is 1.35 bits per heavy atom. The third-order valence-electron chi connectivity index (χ3n) is 3.37. The van der Waals surface area contributed by atoms with Crippen LogP contribution in [0.15, 0.2) is 30.3 Å². The Morgan fingerprint density at radius 2 is 2.17 bits per heavy atom. The molecule has 2 N–H and O–H groups in total. The molecule has 0 fully saturated rings. The van der Waals surface area contributed by atoms with Gasteiger partial charge < -0.3 is 10.1 Å². The fourth-order valence-electron chi connectivity index (χ4n) is 2.28. The molecule has 23 heavy (non-hydrogen) atoms. The van der Waals surface area contributed by atoms with E-state index in [1.54, 1.807) is 0 Å². The minimum absolute atomic E-state index is 0.0503. The zero-order valence-electron chi connectivity index (χ0n) is 12.5. The molecule has 1 aromatic carbocycles. The van der Waals surface area contributed by atoms with Gasteiger partial charge in [-0.2, -0.15) is 0 Å². The van der Waals surface area contributed by atoms with Gasteiger partial charge in [-0.15, -0.1) is 0 Å². The van der Waals surface area contributed by atoms with Crippen LogP contribution in [0, 0.1) is 0 Å². The standard InChI is InChI=1S/C16H17N3O3S/c20-13(10-22-9-11-5-2-1-3-6-11)19-16-18-12-7-4-8-17-15(21)14(12)23-16/h1-3,5-6H,4,7-10H2,(H,17,21)(H,18,19,20). The van der Waals surface area contributed by atoms with E-state index in [1.165, 1.54) is 11.3 Å². The normalized spacial score (nSPS) is 13.8. The molecule has 2 heterocycles. The molecule has 1 aliphatic rings. The molecule has 2 amide bonds. The van der Waals surface area contributed by atoms with Crippen molar-refractivity contribution in [3.05, 3.63) is 46.5 Å². The van der Waals surface area contributed by atoms with Gasteiger partial charge in [0.1, 0.15) is 11.5 Å². The summed E-state index contributed by atoms with van der Waals surface area (Å²) in [6.07, 6.45) is 1.60. The molecule has 120 valence electrons. The number of nitrogens with zero attached hydrogens (tertiary/aromatic N) is 1. The third-order valence-corrected chi connectivity index (χ3v) is 4.38. The molecule has 7 heteroatoms. The summed E-state index contributed by atoms with van der Waals surface area (Å²) in [4.78, 5) is 28.7. The fourth-order valence-corrected chi connectivity index (χ4v) is 3.23. The molecule has 1 aromatic heterocycles. The summed E-state index contributed by atoms with van der Waals surface area (Å²) in [6, 6.07) is 9.65. The first kappa shape index (κ1) is 15.6. The van der Waals surface area contributed by atoms with Crippen molar-refractivity contribution >= 4 is 28.3 Å². The quantitative estimate of drug-likeness (QED) is 0.878. The molecule has 0 saturated heterocycles. The van der Waals surface area contributed by atoms with E-state index < -0.39 is 0 Å². The number of hydrogen-bond acceptors (Lipinski definition) is 5. The Bertz CT molecular complexity index is 700. The first-order valence-corrected chi connectivity index (χ1v) is 8.23. The molecule has 2 aromatic rings. The van der Waals surface area contributed by atoms with Crippen LogP contribution in [-0.4, -0.2) is 29.9 Å². The van der Waals surface area contributed by atoms with Gasteiger partial charge in [0.2, 0.25) is 0 Å². The molecular weight excluding hydrogens is 314 g/mol. The van der Waals surface area contributed by atoms with Crippen molar-refractivity contribution in [1.82, 2.24) is 10.3 Å². The largest absolute Gasteiger partial charge is 0.367 e. The lowest BCUT2D eigenvalue weighted by Crippen LogP contribution is -2.21. The average molecular weight is 331 g/mol. The van der Waals surface area contributed by atoms with E-state index in [4.69, 9.17) is 4.74 Å². The maximum Gasteiger partial charge on any atom is 0.263 e. The summed E-state index contributed by atoms with van der Waals surface area (Å²) in [5, 5.41) is 5.95. The second-order valence-electron chi connectivity index (χ2n) is 5.18. The van der Waals surface area contributed by atoms with E-state index in [1.807, 2.05) is 30.3 Å². The fraction of sp³-hybridized carbons (Fsp3) is 0.312. The second kappa shape index (κ2) is 7.34. The van der Waals surface area contributed by atoms with Crippen molar-refractivity contribution in [3.63, 3.8) is 0 Å². The van der Waals surface area contributed by atoms with E-state index in [9.17, 15) is 9.59 Å². The van der Waals surface area contributed by atoms with E-state index in [0.717, 1.165) is 24.1 Å². The Morgan fingerprint density at radius 3 is 3.00 bits per heavy atom. The monoisotopic (exact) mass is 331 g/mol. The maximum atomic E-state index is 11.9. The SMILES string of the molecule is O=C(COCc1ccccc1)Nc1nc2c(s1)C(=O)NCCC2. The Kier molecular flexibility index (Phi) is 4.99. The van der Waals surface area contributed by atoms with Gasteiger partial charge in [-0.1, -0.05) is 41.7 Å². The van der Waals surface area contributed by atoms with Gasteiger partial charge in [0.15, 0.2) is 5.13 Å². The van der Waals surface area contributed by atoms with E-state index in [0.29, 0.717) is 23.2 Å². The summed E-state index contributed by atoms with van der Waals surface area (Å²) in [7, 11) is 0. The number of aryl methyl sites for hydroxylation is 1. The number of hydrogen-bond donors (Lipinski definition) is 2. The smallest absolute Gasteiger partial charge is 0.263 e. The summed E-state index contributed by atoms with van der Waals surface area (Å²) >= 11 is 1.20. The molecule has 0 atom stereocenters. The van der Waals surface area contributed by atoms with Crippen molar-refractivity contribution in [2.75, 3.05) is 18.5 Å². The van der Waals surface area contributed by atoms with Crippen LogP contribution in [0.4, 0.5) is 5.13 Å². The number of ether oxygens (including phenoxy) is 1. The van der Waals surface area contributed by atoms with Crippen molar-refractivity contribution in [3.8, 4) is 0 Å². The van der Waals surface area contributed by atoms with Gasteiger partial charge in [0.05, 0.1) is 12.3 Å². The van der Waals surface area contributed by atoms with Crippen LogP contribution in [-0.2, 0) is 22.6 Å². The number of carbonyl (C=O) groups is 2. The number of rotatable bonds is 5. The van der Waals surface area contributed by atoms with Crippen molar-refractivity contribution in [2.45, 2.75) is 19.4 Å². The van der Waals surface area contributed by atoms with Crippen molar-refractivity contribution < 1.29 is 14.3 Å². The number of benzene rings is 1. The van der Waals surface area contributed by atoms with Crippen LogP contribution >= 0.6 is 11.3 Å². The predicted octanol–water partition coefficient (Wildman–Crippen LogP) is 1.97. The first-order valence-electron chi connectivity index (χ1n) is 7.42. The number of carbonyl (C=O) groups excluding carboxylic acids is 2. The highest BCUT2D eigenvalue weighted by Gasteiger charge is 2.21. The topological polar surface area (TPSA) is 80.3 Å². The molecule has 0 aliphatic carbocycles. The number of amides is 2. The van der Waals surface area contributed by atoms with Gasteiger partial charge in [0.25, 0.3) is 11.8 Å². The van der Waals surface area contributed by atoms with Gasteiger partial charge in [0, 0.05) is 6.54 Å². The predicted molar refractivity (Wildman–Crippen MR) is 87.5 cm³/mol. The van der Waals surface area contributed by atoms with Crippen molar-refractivity contribution in [1.29, 1.82) is 0 Å². The van der Waals surface area contributed by atoms with E-state index in [2.05, 4.69) is 15.6 Å². The van der Waals surface area contributed by atoms with E-state index in [-0.39, 0.29) is 18.4 Å². The average Bonchev–Trinajstić information content (AvgIpc) is 2.87. The summed E-state index contributed by atoms with van der Waals surface area (Å²) in [5.74, 6) is -0.388. The molecule has 0 unspecified atom stereocenters. The molecule has 0 radical (unpaired) electrons. The second-order valence-corrected chi connectivity index (χ2v) is 6.18. The lowest BCUT2D eigenvalue weighted by Gasteiger charge is -2.04. The van der Waals surface area contributed by atoms with Crippen LogP contribution < -0.4 is 10.6 Å². The summed E-state index contributed by atoms with van der Waals surface area (Å²) < 4.78 is 5.38. The van der Waals surface area contributed by atoms with Gasteiger partial charge in [-0.05, 0) is 18.4 Å². The Labute approximate surface area is 137 Å². The lowest BCUT2D eigenvalue weighted by molar-refractivity contribution is -0.121. The molecule has 6 nitrogen and oxygen atoms in total. The number of fused-ring (bicyclic) bond motifs is 1. The Hall–Kier alpha value is -2.25. The van der Waals surface area contributed by atoms with Crippen LogP contribution in [0.2, 0.25) is 0 Å². The van der Waals surface area contributed by atoms with Gasteiger partial charge in [-0.3, -0.25) is 14.9 Å². The van der Waals surface area contributed by atoms with Gasteiger partial charge in [-0.25, -0.2) is 4.98 Å². The molecule has 3 rings (SSSR count). The first-order chi connectivity index (χ1) is 11.2. The molecule has 0 bridgehead atoms. The minimum atomic E-state index is -0.273. The minimum Gasteiger partial charge on any atom is -0.367 e. The third kappa shape index (κ3) is 4.14. The maximum absolute atomic E-state index is 11.9. The number of anilines is 1. The molecular formula is C16H17N3O3S. The van der Waals surface area contributed by atoms with E-state index >= 15 is 0 Å². The molecule has 1 aliphatic heterocycles. The highest BCUT2D eigenvalue weighted by molar-refractivity contribution is 7.17. The van der Waals surface area contributed by atoms with Crippen molar-refractivity contribution in [2.24, 2.45) is 0 Å².